The molecule has 0 radical (unpaired) electrons. The van der Waals surface area contributed by atoms with Gasteiger partial charge in [-0.05, 0) is 35.9 Å². The molecule has 3 heterocycles. The lowest BCUT2D eigenvalue weighted by molar-refractivity contribution is -0.00114. The van der Waals surface area contributed by atoms with Crippen LogP contribution in [0.4, 0.5) is 5.69 Å². The monoisotopic (exact) mass is 418 g/mol. The van der Waals surface area contributed by atoms with Gasteiger partial charge in [0.05, 0.1) is 26.0 Å². The van der Waals surface area contributed by atoms with E-state index in [1.807, 2.05) is 72.2 Å². The van der Waals surface area contributed by atoms with Crippen LogP contribution in [0.2, 0.25) is 0 Å². The molecule has 1 aliphatic rings. The Morgan fingerprint density at radius 1 is 1.13 bits per heavy atom. The maximum absolute atomic E-state index is 6.08. The highest BCUT2D eigenvalue weighted by molar-refractivity contribution is 5.63. The first kappa shape index (κ1) is 19.3. The van der Waals surface area contributed by atoms with Gasteiger partial charge >= 0.3 is 0 Å². The summed E-state index contributed by atoms with van der Waals surface area (Å²) in [7, 11) is 5.62. The van der Waals surface area contributed by atoms with Crippen molar-refractivity contribution in [2.45, 2.75) is 19.3 Å². The minimum Gasteiger partial charge on any atom is -0.497 e. The van der Waals surface area contributed by atoms with Gasteiger partial charge in [-0.3, -0.25) is 0 Å². The molecule has 158 valence electrons. The molecule has 4 aromatic rings. The van der Waals surface area contributed by atoms with Crippen LogP contribution < -0.4 is 9.64 Å². The van der Waals surface area contributed by atoms with Crippen LogP contribution >= 0.6 is 0 Å². The molecule has 9 nitrogen and oxygen atoms in total. The first-order valence-corrected chi connectivity index (χ1v) is 9.92. The molecule has 5 rings (SSSR count). The number of anilines is 1. The van der Waals surface area contributed by atoms with Crippen LogP contribution in [0.25, 0.3) is 23.0 Å². The van der Waals surface area contributed by atoms with E-state index in [1.165, 1.54) is 0 Å². The largest absolute Gasteiger partial charge is 0.497 e. The van der Waals surface area contributed by atoms with Crippen molar-refractivity contribution in [3.63, 3.8) is 0 Å². The Balaban J connectivity index is 1.38. The second-order valence-electron chi connectivity index (χ2n) is 7.51. The Labute approximate surface area is 179 Å². The lowest BCUT2D eigenvalue weighted by Gasteiger charge is -2.24. The summed E-state index contributed by atoms with van der Waals surface area (Å²) in [5.74, 6) is 1.65. The fourth-order valence-corrected chi connectivity index (χ4v) is 3.56. The van der Waals surface area contributed by atoms with Gasteiger partial charge in [0, 0.05) is 25.3 Å². The van der Waals surface area contributed by atoms with Gasteiger partial charge in [-0.1, -0.05) is 28.6 Å². The highest BCUT2D eigenvalue weighted by Gasteiger charge is 2.27. The molecule has 0 fully saturated rings. The van der Waals surface area contributed by atoms with Crippen LogP contribution in [0.3, 0.4) is 0 Å². The van der Waals surface area contributed by atoms with Gasteiger partial charge in [-0.25, -0.2) is 4.68 Å². The molecule has 0 aliphatic carbocycles. The molecular weight excluding hydrogens is 396 g/mol. The van der Waals surface area contributed by atoms with Crippen molar-refractivity contribution in [1.82, 2.24) is 25.1 Å². The number of nitrogens with zero attached hydrogens (tertiary/aromatic N) is 6. The SMILES string of the molecule is COc1ccc([C@H]2Cn3nnc(-c4noc(-c5cccc(N(C)C)c5)n4)c3CO2)cc1. The molecular formula is C22H22N6O3. The Morgan fingerprint density at radius 3 is 2.74 bits per heavy atom. The van der Waals surface area contributed by atoms with Crippen molar-refractivity contribution < 1.29 is 14.0 Å². The highest BCUT2D eigenvalue weighted by Crippen LogP contribution is 2.31. The second-order valence-corrected chi connectivity index (χ2v) is 7.51. The van der Waals surface area contributed by atoms with E-state index in [2.05, 4.69) is 20.5 Å². The van der Waals surface area contributed by atoms with E-state index in [0.717, 1.165) is 28.3 Å². The third-order valence-corrected chi connectivity index (χ3v) is 5.33. The molecule has 2 aromatic heterocycles. The van der Waals surface area contributed by atoms with E-state index in [9.17, 15) is 0 Å². The van der Waals surface area contributed by atoms with Gasteiger partial charge in [0.2, 0.25) is 5.82 Å². The average molecular weight is 418 g/mol. The summed E-state index contributed by atoms with van der Waals surface area (Å²) in [6, 6.07) is 15.8. The van der Waals surface area contributed by atoms with Gasteiger partial charge in [-0.2, -0.15) is 4.98 Å². The van der Waals surface area contributed by atoms with Gasteiger partial charge in [-0.15, -0.1) is 5.10 Å². The molecule has 0 N–H and O–H groups in total. The van der Waals surface area contributed by atoms with Crippen LogP contribution in [0.15, 0.2) is 53.1 Å². The van der Waals surface area contributed by atoms with Crippen molar-refractivity contribution in [1.29, 1.82) is 0 Å². The smallest absolute Gasteiger partial charge is 0.258 e. The zero-order valence-corrected chi connectivity index (χ0v) is 17.5. The summed E-state index contributed by atoms with van der Waals surface area (Å²) in [5.41, 5.74) is 4.37. The Morgan fingerprint density at radius 2 is 1.97 bits per heavy atom. The van der Waals surface area contributed by atoms with Crippen molar-refractivity contribution in [2.24, 2.45) is 0 Å². The van der Waals surface area contributed by atoms with E-state index in [0.29, 0.717) is 30.6 Å². The normalized spacial score (nSPS) is 15.5. The number of hydrogen-bond acceptors (Lipinski definition) is 8. The molecule has 0 bridgehead atoms. The maximum Gasteiger partial charge on any atom is 0.258 e. The van der Waals surface area contributed by atoms with Crippen LogP contribution in [0, 0.1) is 0 Å². The average Bonchev–Trinajstić information content (AvgIpc) is 3.46. The molecule has 0 spiro atoms. The quantitative estimate of drug-likeness (QED) is 0.487. The predicted molar refractivity (Wildman–Crippen MR) is 114 cm³/mol. The van der Waals surface area contributed by atoms with Crippen molar-refractivity contribution in [3.05, 3.63) is 59.8 Å². The van der Waals surface area contributed by atoms with E-state index < -0.39 is 0 Å². The summed E-state index contributed by atoms with van der Waals surface area (Å²) >= 11 is 0. The first-order valence-electron chi connectivity index (χ1n) is 9.92. The third-order valence-electron chi connectivity index (χ3n) is 5.33. The topological polar surface area (TPSA) is 91.3 Å². The van der Waals surface area contributed by atoms with Crippen molar-refractivity contribution >= 4 is 5.69 Å². The van der Waals surface area contributed by atoms with E-state index >= 15 is 0 Å². The lowest BCUT2D eigenvalue weighted by atomic mass is 10.1. The van der Waals surface area contributed by atoms with Gasteiger partial charge < -0.3 is 18.9 Å². The molecule has 1 atom stereocenters. The lowest BCUT2D eigenvalue weighted by Crippen LogP contribution is -2.22. The molecule has 1 aliphatic heterocycles. The predicted octanol–water partition coefficient (Wildman–Crippen LogP) is 3.34. The molecule has 0 amide bonds. The highest BCUT2D eigenvalue weighted by atomic mass is 16.5. The summed E-state index contributed by atoms with van der Waals surface area (Å²) in [5, 5.41) is 12.7. The number of hydrogen-bond donors (Lipinski definition) is 0. The van der Waals surface area contributed by atoms with Gasteiger partial charge in [0.15, 0.2) is 5.69 Å². The molecule has 31 heavy (non-hydrogen) atoms. The number of fused-ring (bicyclic) bond motifs is 1. The number of methoxy groups -OCH3 is 1. The fourth-order valence-electron chi connectivity index (χ4n) is 3.56. The maximum atomic E-state index is 6.08. The first-order chi connectivity index (χ1) is 15.1. The number of aromatic nitrogens is 5. The minimum atomic E-state index is -0.109. The number of ether oxygens (including phenoxy) is 2. The zero-order valence-electron chi connectivity index (χ0n) is 17.5. The molecule has 0 unspecified atom stereocenters. The van der Waals surface area contributed by atoms with Crippen LogP contribution in [-0.4, -0.2) is 46.3 Å². The fraction of sp³-hybridized carbons (Fsp3) is 0.273. The van der Waals surface area contributed by atoms with Crippen molar-refractivity contribution in [2.75, 3.05) is 26.1 Å². The second kappa shape index (κ2) is 7.84. The number of benzene rings is 2. The molecule has 0 saturated carbocycles. The van der Waals surface area contributed by atoms with E-state index in [1.54, 1.807) is 7.11 Å². The third kappa shape index (κ3) is 3.64. The van der Waals surface area contributed by atoms with Crippen LogP contribution in [-0.2, 0) is 17.9 Å². The van der Waals surface area contributed by atoms with Gasteiger partial charge in [0.1, 0.15) is 11.9 Å². The summed E-state index contributed by atoms with van der Waals surface area (Å²) in [6.07, 6.45) is -0.109. The Kier molecular flexibility index (Phi) is 4.87. The van der Waals surface area contributed by atoms with Crippen LogP contribution in [0.5, 0.6) is 5.75 Å². The number of rotatable bonds is 5. The zero-order chi connectivity index (χ0) is 21.4. The van der Waals surface area contributed by atoms with Gasteiger partial charge in [0.25, 0.3) is 5.89 Å². The van der Waals surface area contributed by atoms with E-state index in [4.69, 9.17) is 14.0 Å². The Hall–Kier alpha value is -3.72. The molecule has 0 saturated heterocycles. The summed E-state index contributed by atoms with van der Waals surface area (Å²) in [4.78, 5) is 6.57. The van der Waals surface area contributed by atoms with Crippen LogP contribution in [0.1, 0.15) is 17.4 Å². The van der Waals surface area contributed by atoms with Crippen molar-refractivity contribution in [3.8, 4) is 28.7 Å². The summed E-state index contributed by atoms with van der Waals surface area (Å²) < 4.78 is 18.7. The molecule has 2 aromatic carbocycles. The Bertz CT molecular complexity index is 1200. The molecule has 9 heteroatoms. The standard InChI is InChI=1S/C22H22N6O3/c1-27(2)16-6-4-5-15(11-16)22-23-21(25-31-22)20-18-13-30-19(12-28(18)26-24-20)14-7-9-17(29-3)10-8-14/h4-11,19H,12-13H2,1-3H3/t19-/m1/s1. The minimum absolute atomic E-state index is 0.109. The summed E-state index contributed by atoms with van der Waals surface area (Å²) in [6.45, 7) is 0.920. The van der Waals surface area contributed by atoms with E-state index in [-0.39, 0.29) is 6.10 Å².